The van der Waals surface area contributed by atoms with Crippen LogP contribution in [0.25, 0.3) is 0 Å². The normalized spacial score (nSPS) is 15.9. The molecule has 0 bridgehead atoms. The van der Waals surface area contributed by atoms with Gasteiger partial charge in [-0.3, -0.25) is 0 Å². The van der Waals surface area contributed by atoms with Gasteiger partial charge < -0.3 is 5.11 Å². The third kappa shape index (κ3) is 2.81. The standard InChI is InChI=1S/C11H17BrOS/c1-4-11(13,8(2)3)7-9-5-6-10(12)14-9/h5-6,8,13H,4,7H2,1-3H3. The molecular formula is C11H17BrOS. The Morgan fingerprint density at radius 1 is 1.50 bits per heavy atom. The molecule has 1 atom stereocenters. The van der Waals surface area contributed by atoms with E-state index in [-0.39, 0.29) is 0 Å². The molecule has 0 aliphatic rings. The first-order valence-electron chi connectivity index (χ1n) is 4.94. The van der Waals surface area contributed by atoms with Crippen molar-refractivity contribution in [1.82, 2.24) is 0 Å². The Morgan fingerprint density at radius 3 is 2.50 bits per heavy atom. The zero-order chi connectivity index (χ0) is 10.8. The summed E-state index contributed by atoms with van der Waals surface area (Å²) in [6.07, 6.45) is 1.57. The molecule has 0 fully saturated rings. The van der Waals surface area contributed by atoms with Gasteiger partial charge in [-0.05, 0) is 40.4 Å². The van der Waals surface area contributed by atoms with Crippen LogP contribution in [0.4, 0.5) is 0 Å². The van der Waals surface area contributed by atoms with Gasteiger partial charge in [0.25, 0.3) is 0 Å². The molecule has 0 aliphatic heterocycles. The first-order chi connectivity index (χ1) is 6.48. The van der Waals surface area contributed by atoms with Crippen molar-refractivity contribution in [2.75, 3.05) is 0 Å². The smallest absolute Gasteiger partial charge is 0.0715 e. The second kappa shape index (κ2) is 4.77. The summed E-state index contributed by atoms with van der Waals surface area (Å²) < 4.78 is 1.13. The molecule has 0 saturated carbocycles. The predicted molar refractivity (Wildman–Crippen MR) is 65.8 cm³/mol. The Hall–Kier alpha value is 0.140. The topological polar surface area (TPSA) is 20.2 Å². The van der Waals surface area contributed by atoms with Crippen LogP contribution in [0.5, 0.6) is 0 Å². The molecule has 0 amide bonds. The van der Waals surface area contributed by atoms with Crippen molar-refractivity contribution in [3.8, 4) is 0 Å². The van der Waals surface area contributed by atoms with E-state index in [1.807, 2.05) is 13.0 Å². The molecule has 0 radical (unpaired) electrons. The van der Waals surface area contributed by atoms with Crippen molar-refractivity contribution in [3.05, 3.63) is 20.8 Å². The molecule has 3 heteroatoms. The lowest BCUT2D eigenvalue weighted by atomic mass is 9.84. The van der Waals surface area contributed by atoms with E-state index in [1.165, 1.54) is 4.88 Å². The van der Waals surface area contributed by atoms with Crippen LogP contribution in [0.3, 0.4) is 0 Å². The molecule has 1 N–H and O–H groups in total. The van der Waals surface area contributed by atoms with E-state index in [0.717, 1.165) is 16.6 Å². The van der Waals surface area contributed by atoms with Gasteiger partial charge in [0.2, 0.25) is 0 Å². The SMILES string of the molecule is CCC(O)(Cc1ccc(Br)s1)C(C)C. The minimum absolute atomic E-state index is 0.299. The molecule has 1 aromatic heterocycles. The van der Waals surface area contributed by atoms with Crippen molar-refractivity contribution in [2.45, 2.75) is 39.2 Å². The minimum Gasteiger partial charge on any atom is -0.389 e. The Morgan fingerprint density at radius 2 is 2.14 bits per heavy atom. The van der Waals surface area contributed by atoms with E-state index in [0.29, 0.717) is 5.92 Å². The van der Waals surface area contributed by atoms with Crippen LogP contribution in [0.15, 0.2) is 15.9 Å². The van der Waals surface area contributed by atoms with E-state index in [2.05, 4.69) is 35.8 Å². The van der Waals surface area contributed by atoms with Gasteiger partial charge in [0.1, 0.15) is 0 Å². The van der Waals surface area contributed by atoms with Gasteiger partial charge in [0.15, 0.2) is 0 Å². The van der Waals surface area contributed by atoms with Gasteiger partial charge in [-0.1, -0.05) is 20.8 Å². The molecule has 0 aliphatic carbocycles. The summed E-state index contributed by atoms with van der Waals surface area (Å²) >= 11 is 5.14. The van der Waals surface area contributed by atoms with Crippen LogP contribution in [0.1, 0.15) is 32.1 Å². The van der Waals surface area contributed by atoms with Crippen molar-refractivity contribution < 1.29 is 5.11 Å². The number of halogens is 1. The van der Waals surface area contributed by atoms with E-state index < -0.39 is 5.60 Å². The van der Waals surface area contributed by atoms with Gasteiger partial charge in [0.05, 0.1) is 9.39 Å². The highest BCUT2D eigenvalue weighted by Crippen LogP contribution is 2.30. The summed E-state index contributed by atoms with van der Waals surface area (Å²) in [6.45, 7) is 6.20. The summed E-state index contributed by atoms with van der Waals surface area (Å²) in [6, 6.07) is 4.12. The maximum Gasteiger partial charge on any atom is 0.0715 e. The molecule has 0 saturated heterocycles. The summed E-state index contributed by atoms with van der Waals surface area (Å²) in [4.78, 5) is 1.25. The first kappa shape index (κ1) is 12.2. The summed E-state index contributed by atoms with van der Waals surface area (Å²) in [7, 11) is 0. The maximum atomic E-state index is 10.4. The monoisotopic (exact) mass is 276 g/mol. The van der Waals surface area contributed by atoms with E-state index in [4.69, 9.17) is 0 Å². The quantitative estimate of drug-likeness (QED) is 0.886. The summed E-state index contributed by atoms with van der Waals surface area (Å²) in [5.41, 5.74) is -0.551. The van der Waals surface area contributed by atoms with Crippen molar-refractivity contribution >= 4 is 27.3 Å². The van der Waals surface area contributed by atoms with E-state index >= 15 is 0 Å². The van der Waals surface area contributed by atoms with Crippen LogP contribution >= 0.6 is 27.3 Å². The second-order valence-corrected chi connectivity index (χ2v) is 6.54. The predicted octanol–water partition coefficient (Wildman–Crippen LogP) is 3.85. The van der Waals surface area contributed by atoms with Crippen LogP contribution in [0, 0.1) is 5.92 Å². The fourth-order valence-electron chi connectivity index (χ4n) is 1.49. The number of thiophene rings is 1. The van der Waals surface area contributed by atoms with Gasteiger partial charge in [-0.15, -0.1) is 11.3 Å². The third-order valence-corrected chi connectivity index (χ3v) is 4.42. The van der Waals surface area contributed by atoms with Gasteiger partial charge in [0, 0.05) is 11.3 Å². The third-order valence-electron chi connectivity index (χ3n) is 2.80. The van der Waals surface area contributed by atoms with E-state index in [1.54, 1.807) is 11.3 Å². The highest BCUT2D eigenvalue weighted by molar-refractivity contribution is 9.11. The van der Waals surface area contributed by atoms with Crippen molar-refractivity contribution in [1.29, 1.82) is 0 Å². The van der Waals surface area contributed by atoms with E-state index in [9.17, 15) is 5.11 Å². The minimum atomic E-state index is -0.551. The highest BCUT2D eigenvalue weighted by Gasteiger charge is 2.29. The lowest BCUT2D eigenvalue weighted by molar-refractivity contribution is -0.00758. The Labute approximate surface area is 98.3 Å². The molecule has 1 heterocycles. The number of rotatable bonds is 4. The summed E-state index contributed by atoms with van der Waals surface area (Å²) in [5, 5.41) is 10.4. The fourth-order valence-corrected chi connectivity index (χ4v) is 3.09. The molecule has 0 aromatic carbocycles. The largest absolute Gasteiger partial charge is 0.389 e. The molecule has 1 nitrogen and oxygen atoms in total. The van der Waals surface area contributed by atoms with Gasteiger partial charge in [-0.25, -0.2) is 0 Å². The zero-order valence-corrected chi connectivity index (χ0v) is 11.3. The van der Waals surface area contributed by atoms with Crippen LogP contribution in [-0.4, -0.2) is 10.7 Å². The number of aliphatic hydroxyl groups is 1. The number of hydrogen-bond donors (Lipinski definition) is 1. The van der Waals surface area contributed by atoms with Crippen LogP contribution < -0.4 is 0 Å². The molecule has 14 heavy (non-hydrogen) atoms. The highest BCUT2D eigenvalue weighted by atomic mass is 79.9. The Kier molecular flexibility index (Phi) is 4.16. The molecule has 1 aromatic rings. The molecule has 1 unspecified atom stereocenters. The van der Waals surface area contributed by atoms with Crippen LogP contribution in [-0.2, 0) is 6.42 Å². The van der Waals surface area contributed by atoms with Gasteiger partial charge in [-0.2, -0.15) is 0 Å². The lowest BCUT2D eigenvalue weighted by Crippen LogP contribution is -2.36. The fraction of sp³-hybridized carbons (Fsp3) is 0.636. The van der Waals surface area contributed by atoms with Crippen molar-refractivity contribution in [2.24, 2.45) is 5.92 Å². The van der Waals surface area contributed by atoms with Gasteiger partial charge >= 0.3 is 0 Å². The summed E-state index contributed by atoms with van der Waals surface area (Å²) in [5.74, 6) is 0.299. The molecular weight excluding hydrogens is 260 g/mol. The first-order valence-corrected chi connectivity index (χ1v) is 6.55. The maximum absolute atomic E-state index is 10.4. The average molecular weight is 277 g/mol. The van der Waals surface area contributed by atoms with Crippen LogP contribution in [0.2, 0.25) is 0 Å². The number of hydrogen-bond acceptors (Lipinski definition) is 2. The van der Waals surface area contributed by atoms with Crippen molar-refractivity contribution in [3.63, 3.8) is 0 Å². The second-order valence-electron chi connectivity index (χ2n) is 3.99. The average Bonchev–Trinajstić information content (AvgIpc) is 2.50. The Balaban J connectivity index is 2.75. The molecule has 80 valence electrons. The zero-order valence-electron chi connectivity index (χ0n) is 8.88. The molecule has 0 spiro atoms. The lowest BCUT2D eigenvalue weighted by Gasteiger charge is -2.30. The molecule has 1 rings (SSSR count). The Bertz CT molecular complexity index is 295.